The predicted molar refractivity (Wildman–Crippen MR) is 80.1 cm³/mol. The lowest BCUT2D eigenvalue weighted by atomic mass is 9.95. The van der Waals surface area contributed by atoms with E-state index in [1.54, 1.807) is 0 Å². The van der Waals surface area contributed by atoms with Gasteiger partial charge in [0, 0.05) is 38.8 Å². The fourth-order valence-corrected chi connectivity index (χ4v) is 4.32. The van der Waals surface area contributed by atoms with Crippen molar-refractivity contribution in [1.29, 1.82) is 0 Å². The van der Waals surface area contributed by atoms with Crippen molar-refractivity contribution >= 4 is 17.3 Å². The van der Waals surface area contributed by atoms with Gasteiger partial charge in [-0.15, -0.1) is 0 Å². The molecule has 3 aliphatic rings. The van der Waals surface area contributed by atoms with Crippen molar-refractivity contribution in [3.05, 3.63) is 0 Å². The number of β-amino-alcohol motifs (C(OH)–C–C–N with tert-alkyl or cyclic N) is 1. The Balaban J connectivity index is 1.44. The zero-order valence-corrected chi connectivity index (χ0v) is 12.4. The van der Waals surface area contributed by atoms with E-state index < -0.39 is 0 Å². The van der Waals surface area contributed by atoms with Crippen LogP contribution in [0.15, 0.2) is 0 Å². The Morgan fingerprint density at radius 1 is 1.16 bits per heavy atom. The van der Waals surface area contributed by atoms with E-state index in [9.17, 15) is 0 Å². The molecule has 0 unspecified atom stereocenters. The number of nitrogens with one attached hydrogen (secondary N) is 1. The number of aliphatic hydroxyl groups excluding tert-OH is 1. The van der Waals surface area contributed by atoms with Crippen LogP contribution < -0.4 is 5.32 Å². The smallest absolute Gasteiger partial charge is 0.169 e. The molecule has 1 aliphatic heterocycles. The van der Waals surface area contributed by atoms with Gasteiger partial charge in [-0.05, 0) is 43.3 Å². The van der Waals surface area contributed by atoms with Crippen molar-refractivity contribution in [2.45, 2.75) is 31.7 Å². The first-order valence-electron chi connectivity index (χ1n) is 7.65. The first kappa shape index (κ1) is 13.6. The predicted octanol–water partition coefficient (Wildman–Crippen LogP) is 0.659. The molecule has 2 saturated carbocycles. The highest BCUT2D eigenvalue weighted by atomic mass is 32.1. The van der Waals surface area contributed by atoms with E-state index in [2.05, 4.69) is 15.1 Å². The van der Waals surface area contributed by atoms with Crippen molar-refractivity contribution in [2.24, 2.45) is 11.8 Å². The molecule has 0 aromatic heterocycles. The van der Waals surface area contributed by atoms with Crippen LogP contribution in [0, 0.1) is 11.8 Å². The molecule has 0 spiro atoms. The Morgan fingerprint density at radius 3 is 2.53 bits per heavy atom. The standard InChI is InChI=1S/C14H25N3OS/c18-8-7-16-3-5-17(6-4-16)14(19)15-13-10-11-1-2-12(13)9-11/h11-13,18H,1-10H2,(H,15,19)/t11-,12+,13+/m1/s1. The summed E-state index contributed by atoms with van der Waals surface area (Å²) < 4.78 is 0. The summed E-state index contributed by atoms with van der Waals surface area (Å²) in [5.41, 5.74) is 0. The van der Waals surface area contributed by atoms with Crippen LogP contribution in [0.4, 0.5) is 0 Å². The summed E-state index contributed by atoms with van der Waals surface area (Å²) in [5.74, 6) is 1.84. The molecule has 0 aromatic carbocycles. The molecule has 2 N–H and O–H groups in total. The Bertz CT molecular complexity index is 331. The van der Waals surface area contributed by atoms with Gasteiger partial charge in [0.1, 0.15) is 0 Å². The fraction of sp³-hybridized carbons (Fsp3) is 0.929. The average molecular weight is 283 g/mol. The maximum Gasteiger partial charge on any atom is 0.169 e. The summed E-state index contributed by atoms with van der Waals surface area (Å²) in [7, 11) is 0. The van der Waals surface area contributed by atoms with Crippen LogP contribution in [0.2, 0.25) is 0 Å². The molecule has 1 heterocycles. The Morgan fingerprint density at radius 2 is 1.95 bits per heavy atom. The monoisotopic (exact) mass is 283 g/mol. The highest BCUT2D eigenvalue weighted by Gasteiger charge is 2.40. The quantitative estimate of drug-likeness (QED) is 0.745. The van der Waals surface area contributed by atoms with Crippen molar-refractivity contribution in [3.8, 4) is 0 Å². The molecule has 0 radical (unpaired) electrons. The van der Waals surface area contributed by atoms with Gasteiger partial charge in [-0.3, -0.25) is 4.90 Å². The second-order valence-corrected chi connectivity index (χ2v) is 6.67. The summed E-state index contributed by atoms with van der Waals surface area (Å²) in [6.45, 7) is 5.06. The zero-order chi connectivity index (χ0) is 13.2. The third-order valence-corrected chi connectivity index (χ3v) is 5.50. The van der Waals surface area contributed by atoms with Gasteiger partial charge in [0.05, 0.1) is 6.61 Å². The van der Waals surface area contributed by atoms with Crippen molar-refractivity contribution in [2.75, 3.05) is 39.3 Å². The molecule has 0 amide bonds. The first-order valence-corrected chi connectivity index (χ1v) is 8.05. The molecule has 0 aromatic rings. The Labute approximate surface area is 121 Å². The summed E-state index contributed by atoms with van der Waals surface area (Å²) in [4.78, 5) is 4.60. The molecule has 2 bridgehead atoms. The van der Waals surface area contributed by atoms with E-state index in [0.29, 0.717) is 6.04 Å². The number of thiocarbonyl (C=S) groups is 1. The third kappa shape index (κ3) is 3.03. The largest absolute Gasteiger partial charge is 0.395 e. The summed E-state index contributed by atoms with van der Waals surface area (Å²) in [6, 6.07) is 0.640. The van der Waals surface area contributed by atoms with Crippen molar-refractivity contribution < 1.29 is 5.11 Å². The molecule has 4 nitrogen and oxygen atoms in total. The highest BCUT2D eigenvalue weighted by Crippen LogP contribution is 2.44. The number of fused-ring (bicyclic) bond motifs is 2. The van der Waals surface area contributed by atoms with Gasteiger partial charge < -0.3 is 15.3 Å². The molecule has 1 saturated heterocycles. The van der Waals surface area contributed by atoms with Crippen LogP contribution in [0.1, 0.15) is 25.7 Å². The van der Waals surface area contributed by atoms with E-state index in [1.165, 1.54) is 25.7 Å². The van der Waals surface area contributed by atoms with Gasteiger partial charge in [-0.1, -0.05) is 6.42 Å². The van der Waals surface area contributed by atoms with Crippen LogP contribution in [0.25, 0.3) is 0 Å². The second kappa shape index (κ2) is 5.94. The molecule has 108 valence electrons. The third-order valence-electron chi connectivity index (χ3n) is 5.12. The topological polar surface area (TPSA) is 38.7 Å². The minimum absolute atomic E-state index is 0.258. The normalized spacial score (nSPS) is 34.8. The molecular weight excluding hydrogens is 258 g/mol. The van der Waals surface area contributed by atoms with Gasteiger partial charge in [0.2, 0.25) is 0 Å². The molecular formula is C14H25N3OS. The number of hydrogen-bond donors (Lipinski definition) is 2. The zero-order valence-electron chi connectivity index (χ0n) is 11.6. The fourth-order valence-electron chi connectivity index (χ4n) is 3.99. The second-order valence-electron chi connectivity index (χ2n) is 6.28. The highest BCUT2D eigenvalue weighted by molar-refractivity contribution is 7.80. The molecule has 2 aliphatic carbocycles. The average Bonchev–Trinajstić information content (AvgIpc) is 3.02. The summed E-state index contributed by atoms with van der Waals surface area (Å²) >= 11 is 5.58. The van der Waals surface area contributed by atoms with E-state index in [4.69, 9.17) is 17.3 Å². The minimum atomic E-state index is 0.258. The van der Waals surface area contributed by atoms with E-state index in [-0.39, 0.29) is 6.61 Å². The van der Waals surface area contributed by atoms with Gasteiger partial charge in [-0.25, -0.2) is 0 Å². The van der Waals surface area contributed by atoms with Crippen LogP contribution in [-0.2, 0) is 0 Å². The van der Waals surface area contributed by atoms with Gasteiger partial charge in [-0.2, -0.15) is 0 Å². The van der Waals surface area contributed by atoms with Crippen LogP contribution in [0.5, 0.6) is 0 Å². The van der Waals surface area contributed by atoms with Crippen LogP contribution >= 0.6 is 12.2 Å². The van der Waals surface area contributed by atoms with E-state index in [0.717, 1.165) is 49.7 Å². The van der Waals surface area contributed by atoms with Crippen molar-refractivity contribution in [1.82, 2.24) is 15.1 Å². The van der Waals surface area contributed by atoms with Crippen molar-refractivity contribution in [3.63, 3.8) is 0 Å². The summed E-state index contributed by atoms with van der Waals surface area (Å²) in [6.07, 6.45) is 5.59. The molecule has 5 heteroatoms. The van der Waals surface area contributed by atoms with Gasteiger partial charge in [0.15, 0.2) is 5.11 Å². The first-order chi connectivity index (χ1) is 9.26. The lowest BCUT2D eigenvalue weighted by molar-refractivity contribution is 0.146. The van der Waals surface area contributed by atoms with E-state index in [1.807, 2.05) is 0 Å². The number of nitrogens with zero attached hydrogens (tertiary/aromatic N) is 2. The number of rotatable bonds is 3. The Kier molecular flexibility index (Phi) is 4.24. The van der Waals surface area contributed by atoms with Crippen LogP contribution in [0.3, 0.4) is 0 Å². The summed E-state index contributed by atoms with van der Waals surface area (Å²) in [5, 5.41) is 13.5. The molecule has 19 heavy (non-hydrogen) atoms. The number of aliphatic hydroxyl groups is 1. The Hall–Kier alpha value is -0.390. The van der Waals surface area contributed by atoms with Gasteiger partial charge in [0.25, 0.3) is 0 Å². The molecule has 3 rings (SSSR count). The van der Waals surface area contributed by atoms with E-state index >= 15 is 0 Å². The number of piperazine rings is 1. The SMILES string of the molecule is OCCN1CCN(C(=S)N[C@H]2C[C@@H]3CC[C@H]2C3)CC1. The van der Waals surface area contributed by atoms with Gasteiger partial charge >= 0.3 is 0 Å². The molecule has 3 atom stereocenters. The maximum atomic E-state index is 8.95. The number of hydrogen-bond acceptors (Lipinski definition) is 3. The minimum Gasteiger partial charge on any atom is -0.395 e. The lowest BCUT2D eigenvalue weighted by Crippen LogP contribution is -2.54. The molecule has 3 fully saturated rings. The van der Waals surface area contributed by atoms with Crippen LogP contribution in [-0.4, -0.2) is 65.4 Å². The lowest BCUT2D eigenvalue weighted by Gasteiger charge is -2.37. The maximum absolute atomic E-state index is 8.95.